The van der Waals surface area contributed by atoms with Crippen molar-refractivity contribution < 1.29 is 0 Å². The van der Waals surface area contributed by atoms with Gasteiger partial charge < -0.3 is 18.9 Å². The maximum absolute atomic E-state index is 2.54. The zero-order valence-electron chi connectivity index (χ0n) is 54.7. The number of thiophene rings is 2. The Hall–Kier alpha value is -9.46. The standard InChI is InChI=1S/C86H76N4S2/c1-83(2,3)55-45-56(84(4,5)6)48-63(47-55)89-73-33-21-19-29-65(73)69-31-23-35-75(81(69)89)87(59-25-15-13-16-26-59)61-37-39-67-71-41-53-42-72-68-40-38-62(52-80(68)92-78(72)44-54(53)43-77(71)91-79(67)51-61)88(60-27-17-14-18-28-60)76-36-24-32-70-66-30-20-22-34-74(66)90(82(70)76)64-49-57(85(7,8)9)46-58(50-64)86(10,11)12/h13-52H,1-12H3. The third-order valence-corrected chi connectivity index (χ3v) is 21.4. The minimum Gasteiger partial charge on any atom is -0.308 e. The van der Waals surface area contributed by atoms with Gasteiger partial charge in [0, 0.05) is 96.0 Å². The Bertz CT molecular complexity index is 5220. The fourth-order valence-electron chi connectivity index (χ4n) is 14.2. The number of para-hydroxylation sites is 6. The van der Waals surface area contributed by atoms with Crippen molar-refractivity contribution in [1.82, 2.24) is 9.13 Å². The first-order valence-corrected chi connectivity index (χ1v) is 34.1. The van der Waals surface area contributed by atoms with Crippen LogP contribution >= 0.6 is 22.7 Å². The summed E-state index contributed by atoms with van der Waals surface area (Å²) < 4.78 is 10.2. The lowest BCUT2D eigenvalue weighted by Gasteiger charge is -2.28. The first-order valence-electron chi connectivity index (χ1n) is 32.5. The number of fused-ring (bicyclic) bond motifs is 13. The lowest BCUT2D eigenvalue weighted by molar-refractivity contribution is 0.567. The van der Waals surface area contributed by atoms with Crippen LogP contribution in [0.4, 0.5) is 34.1 Å². The van der Waals surface area contributed by atoms with E-state index in [4.69, 9.17) is 0 Å². The van der Waals surface area contributed by atoms with E-state index < -0.39 is 0 Å². The number of nitrogens with zero attached hydrogens (tertiary/aromatic N) is 4. The van der Waals surface area contributed by atoms with Gasteiger partial charge in [0.1, 0.15) is 0 Å². The zero-order chi connectivity index (χ0) is 63.3. The molecule has 0 atom stereocenters. The summed E-state index contributed by atoms with van der Waals surface area (Å²) in [7, 11) is 0. The van der Waals surface area contributed by atoms with E-state index >= 15 is 0 Å². The minimum atomic E-state index is -0.0398. The van der Waals surface area contributed by atoms with Crippen LogP contribution in [0.5, 0.6) is 0 Å². The molecule has 4 aromatic heterocycles. The highest BCUT2D eigenvalue weighted by Crippen LogP contribution is 2.50. The maximum atomic E-state index is 2.54. The van der Waals surface area contributed by atoms with Crippen LogP contribution in [0.1, 0.15) is 105 Å². The molecule has 0 fully saturated rings. The summed E-state index contributed by atoms with van der Waals surface area (Å²) >= 11 is 3.79. The number of hydrogen-bond acceptors (Lipinski definition) is 4. The molecule has 16 aromatic rings. The summed E-state index contributed by atoms with van der Waals surface area (Å²) in [5, 5.41) is 12.6. The normalized spacial score (nSPS) is 12.8. The quantitative estimate of drug-likeness (QED) is 0.151. The Kier molecular flexibility index (Phi) is 13.2. The van der Waals surface area contributed by atoms with Crippen molar-refractivity contribution in [2.24, 2.45) is 0 Å². The van der Waals surface area contributed by atoms with Crippen LogP contribution in [0.25, 0.3) is 106 Å². The van der Waals surface area contributed by atoms with E-state index in [0.29, 0.717) is 0 Å². The Labute approximate surface area is 547 Å². The van der Waals surface area contributed by atoms with Gasteiger partial charge in [0.15, 0.2) is 0 Å². The fraction of sp³-hybridized carbons (Fsp3) is 0.186. The van der Waals surface area contributed by atoms with Gasteiger partial charge in [0.05, 0.1) is 33.4 Å². The molecular formula is C86H76N4S2. The summed E-state index contributed by atoms with van der Waals surface area (Å²) in [6.45, 7) is 28.0. The van der Waals surface area contributed by atoms with E-state index in [-0.39, 0.29) is 21.7 Å². The molecule has 0 amide bonds. The topological polar surface area (TPSA) is 16.3 Å². The maximum Gasteiger partial charge on any atom is 0.0782 e. The summed E-state index contributed by atoms with van der Waals surface area (Å²) in [4.78, 5) is 4.96. The second-order valence-electron chi connectivity index (χ2n) is 29.5. The molecule has 4 nitrogen and oxygen atoms in total. The minimum absolute atomic E-state index is 0.0398. The molecule has 92 heavy (non-hydrogen) atoms. The van der Waals surface area contributed by atoms with Crippen LogP contribution in [0.3, 0.4) is 0 Å². The smallest absolute Gasteiger partial charge is 0.0782 e. The van der Waals surface area contributed by atoms with Crippen LogP contribution in [0.2, 0.25) is 0 Å². The Morgan fingerprint density at radius 1 is 0.261 bits per heavy atom. The number of anilines is 6. The molecule has 6 heteroatoms. The Morgan fingerprint density at radius 3 is 0.978 bits per heavy atom. The third-order valence-electron chi connectivity index (χ3n) is 19.2. The van der Waals surface area contributed by atoms with Crippen molar-refractivity contribution in [3.05, 3.63) is 265 Å². The first-order chi connectivity index (χ1) is 44.1. The number of hydrogen-bond donors (Lipinski definition) is 0. The highest BCUT2D eigenvalue weighted by molar-refractivity contribution is 7.26. The lowest BCUT2D eigenvalue weighted by atomic mass is 9.80. The average molecular weight is 1230 g/mol. The van der Waals surface area contributed by atoms with Crippen molar-refractivity contribution in [1.29, 1.82) is 0 Å². The molecule has 0 aliphatic rings. The van der Waals surface area contributed by atoms with Gasteiger partial charge in [-0.1, -0.05) is 204 Å². The monoisotopic (exact) mass is 1230 g/mol. The zero-order valence-corrected chi connectivity index (χ0v) is 56.3. The van der Waals surface area contributed by atoms with E-state index in [9.17, 15) is 0 Å². The predicted octanol–water partition coefficient (Wildman–Crippen LogP) is 25.9. The van der Waals surface area contributed by atoms with Crippen molar-refractivity contribution in [3.63, 3.8) is 0 Å². The van der Waals surface area contributed by atoms with Crippen LogP contribution in [-0.4, -0.2) is 9.13 Å². The largest absolute Gasteiger partial charge is 0.308 e. The van der Waals surface area contributed by atoms with Gasteiger partial charge in [-0.25, -0.2) is 0 Å². The Morgan fingerprint density at radius 2 is 0.598 bits per heavy atom. The molecule has 0 N–H and O–H groups in total. The van der Waals surface area contributed by atoms with E-state index in [2.05, 4.69) is 345 Å². The van der Waals surface area contributed by atoms with Gasteiger partial charge in [-0.05, 0) is 176 Å². The highest BCUT2D eigenvalue weighted by atomic mass is 32.1. The van der Waals surface area contributed by atoms with Gasteiger partial charge in [-0.15, -0.1) is 22.7 Å². The molecule has 0 saturated heterocycles. The average Bonchev–Trinajstić information content (AvgIpc) is 1.57. The van der Waals surface area contributed by atoms with E-state index in [0.717, 1.165) is 34.1 Å². The van der Waals surface area contributed by atoms with Gasteiger partial charge in [-0.3, -0.25) is 0 Å². The van der Waals surface area contributed by atoms with Crippen LogP contribution in [0.15, 0.2) is 243 Å². The summed E-state index contributed by atoms with van der Waals surface area (Å²) in [6, 6.07) is 92.1. The van der Waals surface area contributed by atoms with Gasteiger partial charge in [0.2, 0.25) is 0 Å². The molecule has 0 radical (unpaired) electrons. The molecule has 0 saturated carbocycles. The van der Waals surface area contributed by atoms with Crippen LogP contribution in [-0.2, 0) is 21.7 Å². The molecular weight excluding hydrogens is 1150 g/mol. The molecule has 0 unspecified atom stereocenters. The van der Waals surface area contributed by atoms with Crippen LogP contribution < -0.4 is 9.80 Å². The van der Waals surface area contributed by atoms with Crippen molar-refractivity contribution >= 4 is 152 Å². The fourth-order valence-corrected chi connectivity index (χ4v) is 16.5. The molecule has 12 aromatic carbocycles. The first kappa shape index (κ1) is 57.7. The molecule has 0 spiro atoms. The third kappa shape index (κ3) is 9.59. The molecule has 0 bridgehead atoms. The predicted molar refractivity (Wildman–Crippen MR) is 403 cm³/mol. The molecule has 452 valence electrons. The summed E-state index contributed by atoms with van der Waals surface area (Å²) in [6.07, 6.45) is 0. The van der Waals surface area contributed by atoms with E-state index in [1.54, 1.807) is 0 Å². The molecule has 16 rings (SSSR count). The van der Waals surface area contributed by atoms with Crippen LogP contribution in [0, 0.1) is 0 Å². The van der Waals surface area contributed by atoms with Crippen molar-refractivity contribution in [3.8, 4) is 11.4 Å². The highest BCUT2D eigenvalue weighted by Gasteiger charge is 2.29. The SMILES string of the molecule is CC(C)(C)c1cc(-n2c3ccccc3c3cccc(N(c4ccccc4)c4ccc5c(c4)sc4cc6cc7sc8cc(N(c9ccccc9)c9cccc%10c%11ccccc%11n(-c%11cc(C(C)(C)C)cc(C(C)(C)C)c%11)c9%10)ccc8c7cc6cc45)c32)cc(C(C)(C)C)c1. The van der Waals surface area contributed by atoms with Gasteiger partial charge >= 0.3 is 0 Å². The number of rotatable bonds is 8. The molecule has 4 heterocycles. The summed E-state index contributed by atoms with van der Waals surface area (Å²) in [5.41, 5.74) is 19.1. The second kappa shape index (κ2) is 21.0. The van der Waals surface area contributed by atoms with E-state index in [1.165, 1.54) is 128 Å². The number of benzene rings is 12. The van der Waals surface area contributed by atoms with Gasteiger partial charge in [0.25, 0.3) is 0 Å². The second-order valence-corrected chi connectivity index (χ2v) is 31.7. The molecule has 0 aliphatic heterocycles. The summed E-state index contributed by atoms with van der Waals surface area (Å²) in [5.74, 6) is 0. The number of aromatic nitrogens is 2. The van der Waals surface area contributed by atoms with E-state index in [1.807, 2.05) is 22.7 Å². The van der Waals surface area contributed by atoms with Crippen molar-refractivity contribution in [2.75, 3.05) is 9.80 Å². The van der Waals surface area contributed by atoms with Gasteiger partial charge in [-0.2, -0.15) is 0 Å². The Balaban J connectivity index is 0.822. The van der Waals surface area contributed by atoms with Crippen molar-refractivity contribution in [2.45, 2.75) is 105 Å². The lowest BCUT2D eigenvalue weighted by Crippen LogP contribution is -2.17. The molecule has 0 aliphatic carbocycles.